The van der Waals surface area contributed by atoms with Gasteiger partial charge in [-0.3, -0.25) is 0 Å². The van der Waals surface area contributed by atoms with Crippen molar-refractivity contribution in [1.29, 1.82) is 0 Å². The van der Waals surface area contributed by atoms with Crippen LogP contribution in [0.15, 0.2) is 33.2 Å². The van der Waals surface area contributed by atoms with Gasteiger partial charge in [-0.15, -0.1) is 0 Å². The molecule has 2 rings (SSSR count). The Morgan fingerprint density at radius 1 is 1.29 bits per heavy atom. The van der Waals surface area contributed by atoms with E-state index in [-0.39, 0.29) is 6.04 Å². The van der Waals surface area contributed by atoms with Crippen molar-refractivity contribution >= 4 is 15.9 Å². The first-order chi connectivity index (χ1) is 10.0. The summed E-state index contributed by atoms with van der Waals surface area (Å²) in [6.07, 6.45) is 0.857. The van der Waals surface area contributed by atoms with E-state index in [1.165, 1.54) is 11.1 Å². The average molecular weight is 352 g/mol. The third-order valence-electron chi connectivity index (χ3n) is 3.57. The Labute approximate surface area is 134 Å². The summed E-state index contributed by atoms with van der Waals surface area (Å²) in [6, 6.07) is 8.45. The van der Waals surface area contributed by atoms with Crippen molar-refractivity contribution in [2.75, 3.05) is 13.7 Å². The summed E-state index contributed by atoms with van der Waals surface area (Å²) in [5, 5.41) is 3.54. The molecule has 2 aromatic rings. The number of hydrogen-bond donors (Lipinski definition) is 1. The van der Waals surface area contributed by atoms with Gasteiger partial charge in [-0.05, 0) is 56.6 Å². The van der Waals surface area contributed by atoms with Gasteiger partial charge in [0.05, 0.1) is 7.11 Å². The molecule has 1 N–H and O–H groups in total. The van der Waals surface area contributed by atoms with Crippen LogP contribution in [0.4, 0.5) is 0 Å². The zero-order chi connectivity index (χ0) is 15.4. The fourth-order valence-electron chi connectivity index (χ4n) is 2.66. The van der Waals surface area contributed by atoms with Crippen molar-refractivity contribution in [3.63, 3.8) is 0 Å². The fraction of sp³-hybridized carbons (Fsp3) is 0.412. The van der Waals surface area contributed by atoms with Gasteiger partial charge in [0, 0.05) is 16.1 Å². The number of furan rings is 1. The third kappa shape index (κ3) is 3.89. The molecule has 1 atom stereocenters. The molecule has 4 heteroatoms. The molecular formula is C17H22BrNO2. The molecule has 3 nitrogen and oxygen atoms in total. The Kier molecular flexibility index (Phi) is 5.48. The van der Waals surface area contributed by atoms with E-state index in [0.717, 1.165) is 34.7 Å². The van der Waals surface area contributed by atoms with Crippen LogP contribution < -0.4 is 10.1 Å². The number of methoxy groups -OCH3 is 1. The second-order valence-electron chi connectivity index (χ2n) is 5.14. The second-order valence-corrected chi connectivity index (χ2v) is 6.05. The van der Waals surface area contributed by atoms with Gasteiger partial charge in [-0.25, -0.2) is 0 Å². The van der Waals surface area contributed by atoms with Crippen LogP contribution in [0.2, 0.25) is 0 Å². The summed E-state index contributed by atoms with van der Waals surface area (Å²) in [5.41, 5.74) is 2.40. The molecule has 0 radical (unpaired) electrons. The first kappa shape index (κ1) is 16.1. The lowest BCUT2D eigenvalue weighted by molar-refractivity contribution is 0.405. The fourth-order valence-corrected chi connectivity index (χ4v) is 3.07. The number of nitrogens with one attached hydrogen (secondary N) is 1. The Balaban J connectivity index is 2.32. The molecule has 1 aromatic carbocycles. The Morgan fingerprint density at radius 3 is 2.62 bits per heavy atom. The molecule has 0 aliphatic rings. The van der Waals surface area contributed by atoms with Crippen LogP contribution in [0.1, 0.15) is 35.6 Å². The van der Waals surface area contributed by atoms with Crippen molar-refractivity contribution in [2.24, 2.45) is 0 Å². The Hall–Kier alpha value is -1.26. The molecule has 1 heterocycles. The van der Waals surface area contributed by atoms with Crippen LogP contribution in [0.25, 0.3) is 0 Å². The molecule has 0 fully saturated rings. The minimum Gasteiger partial charge on any atom is -0.496 e. The van der Waals surface area contributed by atoms with Gasteiger partial charge in [0.1, 0.15) is 17.3 Å². The number of hydrogen-bond acceptors (Lipinski definition) is 3. The number of halogens is 1. The van der Waals surface area contributed by atoms with Gasteiger partial charge < -0.3 is 14.5 Å². The molecule has 1 aromatic heterocycles. The molecule has 0 aliphatic heterocycles. The number of benzene rings is 1. The topological polar surface area (TPSA) is 34.4 Å². The van der Waals surface area contributed by atoms with E-state index in [2.05, 4.69) is 40.3 Å². The highest BCUT2D eigenvalue weighted by molar-refractivity contribution is 9.10. The van der Waals surface area contributed by atoms with E-state index < -0.39 is 0 Å². The SMILES string of the molecule is CCNC(Cc1cc(Br)ccc1OC)c1cc(C)oc1C. The first-order valence-corrected chi connectivity index (χ1v) is 7.97. The molecule has 0 bridgehead atoms. The van der Waals surface area contributed by atoms with Crippen molar-refractivity contribution in [3.05, 3.63) is 51.4 Å². The van der Waals surface area contributed by atoms with Gasteiger partial charge in [-0.2, -0.15) is 0 Å². The smallest absolute Gasteiger partial charge is 0.122 e. The van der Waals surface area contributed by atoms with Crippen molar-refractivity contribution in [3.8, 4) is 5.75 Å². The van der Waals surface area contributed by atoms with Gasteiger partial charge in [-0.1, -0.05) is 22.9 Å². The molecule has 0 aliphatic carbocycles. The maximum atomic E-state index is 5.68. The summed E-state index contributed by atoms with van der Waals surface area (Å²) in [5.74, 6) is 2.85. The van der Waals surface area contributed by atoms with E-state index >= 15 is 0 Å². The van der Waals surface area contributed by atoms with Gasteiger partial charge >= 0.3 is 0 Å². The summed E-state index contributed by atoms with van der Waals surface area (Å²) < 4.78 is 12.2. The van der Waals surface area contributed by atoms with E-state index in [9.17, 15) is 0 Å². The lowest BCUT2D eigenvalue weighted by atomic mass is 9.98. The molecule has 21 heavy (non-hydrogen) atoms. The standard InChI is InChI=1S/C17H22BrNO2/c1-5-19-16(15-8-11(2)21-12(15)3)10-13-9-14(18)6-7-17(13)20-4/h6-9,16,19H,5,10H2,1-4H3. The molecular weight excluding hydrogens is 330 g/mol. The van der Waals surface area contributed by atoms with Crippen LogP contribution in [0.3, 0.4) is 0 Å². The number of ether oxygens (including phenoxy) is 1. The zero-order valence-corrected chi connectivity index (χ0v) is 14.6. The number of aryl methyl sites for hydroxylation is 2. The van der Waals surface area contributed by atoms with Crippen molar-refractivity contribution < 1.29 is 9.15 Å². The Morgan fingerprint density at radius 2 is 2.05 bits per heavy atom. The molecule has 0 saturated heterocycles. The monoisotopic (exact) mass is 351 g/mol. The molecule has 0 amide bonds. The lowest BCUT2D eigenvalue weighted by Crippen LogP contribution is -2.23. The van der Waals surface area contributed by atoms with Crippen molar-refractivity contribution in [2.45, 2.75) is 33.2 Å². The highest BCUT2D eigenvalue weighted by Crippen LogP contribution is 2.30. The van der Waals surface area contributed by atoms with Crippen molar-refractivity contribution in [1.82, 2.24) is 5.32 Å². The zero-order valence-electron chi connectivity index (χ0n) is 13.0. The van der Waals surface area contributed by atoms with Gasteiger partial charge in [0.15, 0.2) is 0 Å². The number of rotatable bonds is 6. The maximum absolute atomic E-state index is 5.68. The number of likely N-dealkylation sites (N-methyl/N-ethyl adjacent to an activating group) is 1. The third-order valence-corrected chi connectivity index (χ3v) is 4.07. The van der Waals surface area contributed by atoms with E-state index in [4.69, 9.17) is 9.15 Å². The van der Waals surface area contributed by atoms with Crippen LogP contribution in [-0.2, 0) is 6.42 Å². The highest BCUT2D eigenvalue weighted by atomic mass is 79.9. The van der Waals surface area contributed by atoms with E-state index in [1.807, 2.05) is 26.0 Å². The predicted molar refractivity (Wildman–Crippen MR) is 89.0 cm³/mol. The minimum absolute atomic E-state index is 0.218. The Bertz CT molecular complexity index is 607. The molecule has 0 saturated carbocycles. The molecule has 1 unspecified atom stereocenters. The van der Waals surface area contributed by atoms with Crippen LogP contribution in [0.5, 0.6) is 5.75 Å². The largest absolute Gasteiger partial charge is 0.496 e. The van der Waals surface area contributed by atoms with E-state index in [1.54, 1.807) is 7.11 Å². The highest BCUT2D eigenvalue weighted by Gasteiger charge is 2.18. The quantitative estimate of drug-likeness (QED) is 0.828. The average Bonchev–Trinajstić information content (AvgIpc) is 2.77. The predicted octanol–water partition coefficient (Wildman–Crippen LogP) is 4.56. The first-order valence-electron chi connectivity index (χ1n) is 7.17. The summed E-state index contributed by atoms with van der Waals surface area (Å²) >= 11 is 3.53. The van der Waals surface area contributed by atoms with Gasteiger partial charge in [0.2, 0.25) is 0 Å². The summed E-state index contributed by atoms with van der Waals surface area (Å²) in [7, 11) is 1.71. The molecule has 0 spiro atoms. The maximum Gasteiger partial charge on any atom is 0.122 e. The summed E-state index contributed by atoms with van der Waals surface area (Å²) in [6.45, 7) is 7.03. The van der Waals surface area contributed by atoms with Gasteiger partial charge in [0.25, 0.3) is 0 Å². The normalized spacial score (nSPS) is 12.4. The summed E-state index contributed by atoms with van der Waals surface area (Å²) in [4.78, 5) is 0. The van der Waals surface area contributed by atoms with Crippen LogP contribution in [-0.4, -0.2) is 13.7 Å². The van der Waals surface area contributed by atoms with E-state index in [0.29, 0.717) is 0 Å². The van der Waals surface area contributed by atoms with Crippen LogP contribution in [0, 0.1) is 13.8 Å². The van der Waals surface area contributed by atoms with Crippen LogP contribution >= 0.6 is 15.9 Å². The second kappa shape index (κ2) is 7.14. The minimum atomic E-state index is 0.218. The molecule has 114 valence electrons. The lowest BCUT2D eigenvalue weighted by Gasteiger charge is -2.19.